The van der Waals surface area contributed by atoms with Gasteiger partial charge in [-0.2, -0.15) is 0 Å². The third-order valence-corrected chi connectivity index (χ3v) is 5.99. The predicted molar refractivity (Wildman–Crippen MR) is 79.6 cm³/mol. The molecule has 19 heavy (non-hydrogen) atoms. The van der Waals surface area contributed by atoms with E-state index in [1.807, 2.05) is 19.3 Å². The topological polar surface area (TPSA) is 29.5 Å². The second kappa shape index (κ2) is 7.14. The Morgan fingerprint density at radius 1 is 1.26 bits per heavy atom. The molecule has 2 nitrogen and oxygen atoms in total. The van der Waals surface area contributed by atoms with Crippen molar-refractivity contribution in [3.05, 3.63) is 41.1 Å². The maximum atomic E-state index is 10.9. The Bertz CT molecular complexity index is 408. The van der Waals surface area contributed by atoms with Gasteiger partial charge in [0.2, 0.25) is 0 Å². The van der Waals surface area contributed by atoms with Gasteiger partial charge in [-0.15, -0.1) is 0 Å². The van der Waals surface area contributed by atoms with Gasteiger partial charge in [-0.3, -0.25) is 0 Å². The van der Waals surface area contributed by atoms with E-state index in [-0.39, 0.29) is 15.0 Å². The van der Waals surface area contributed by atoms with Crippen LogP contribution >= 0.6 is 0 Å². The summed E-state index contributed by atoms with van der Waals surface area (Å²) < 4.78 is 7.86. The van der Waals surface area contributed by atoms with Gasteiger partial charge in [0.1, 0.15) is 0 Å². The van der Waals surface area contributed by atoms with Gasteiger partial charge < -0.3 is 0 Å². The second-order valence-corrected chi connectivity index (χ2v) is 7.28. The van der Waals surface area contributed by atoms with E-state index in [0.29, 0.717) is 6.61 Å². The Labute approximate surface area is 122 Å². The first-order valence-electron chi connectivity index (χ1n) is 7.02. The third-order valence-electron chi connectivity index (χ3n) is 3.47. The van der Waals surface area contributed by atoms with E-state index in [1.54, 1.807) is 0 Å². The van der Waals surface area contributed by atoms with E-state index < -0.39 is 5.60 Å². The molecular formula is C16H22O2Se. The average molecular weight is 325 g/mol. The van der Waals surface area contributed by atoms with Crippen molar-refractivity contribution in [1.82, 2.24) is 0 Å². The van der Waals surface area contributed by atoms with Crippen molar-refractivity contribution in [3.8, 4) is 0 Å². The van der Waals surface area contributed by atoms with Crippen molar-refractivity contribution in [1.29, 1.82) is 0 Å². The van der Waals surface area contributed by atoms with Gasteiger partial charge in [-0.05, 0) is 0 Å². The zero-order valence-electron chi connectivity index (χ0n) is 11.5. The Morgan fingerprint density at radius 3 is 2.58 bits per heavy atom. The maximum absolute atomic E-state index is 10.9. The summed E-state index contributed by atoms with van der Waals surface area (Å²) >= 11 is 0.141. The van der Waals surface area contributed by atoms with Crippen LogP contribution in [0.25, 0.3) is 0 Å². The van der Waals surface area contributed by atoms with Crippen molar-refractivity contribution in [2.75, 3.05) is 6.61 Å². The minimum absolute atomic E-state index is 0.141. The molecule has 1 aromatic carbocycles. The molecule has 0 spiro atoms. The van der Waals surface area contributed by atoms with Gasteiger partial charge in [-0.1, -0.05) is 0 Å². The summed E-state index contributed by atoms with van der Waals surface area (Å²) in [4.78, 5) is 0. The summed E-state index contributed by atoms with van der Waals surface area (Å²) in [5.74, 6) is 0. The van der Waals surface area contributed by atoms with Crippen molar-refractivity contribution in [3.63, 3.8) is 0 Å². The molecular weight excluding hydrogens is 303 g/mol. The molecule has 3 heteroatoms. The molecule has 104 valence electrons. The molecule has 1 saturated carbocycles. The summed E-state index contributed by atoms with van der Waals surface area (Å²) in [7, 11) is 0. The first-order chi connectivity index (χ1) is 9.24. The van der Waals surface area contributed by atoms with E-state index in [1.165, 1.54) is 10.9 Å². The first-order valence-corrected chi connectivity index (χ1v) is 8.73. The number of benzene rings is 1. The van der Waals surface area contributed by atoms with E-state index >= 15 is 0 Å². The number of aliphatic hydroxyl groups is 1. The fourth-order valence-electron chi connectivity index (χ4n) is 2.39. The van der Waals surface area contributed by atoms with Gasteiger partial charge in [0, 0.05) is 0 Å². The molecule has 0 aromatic heterocycles. The van der Waals surface area contributed by atoms with Crippen molar-refractivity contribution >= 4 is 19.4 Å². The van der Waals surface area contributed by atoms with Crippen molar-refractivity contribution < 1.29 is 9.84 Å². The molecule has 0 heterocycles. The Kier molecular flexibility index (Phi) is 5.50. The van der Waals surface area contributed by atoms with E-state index in [9.17, 15) is 5.11 Å². The molecule has 0 saturated heterocycles. The van der Waals surface area contributed by atoms with E-state index in [2.05, 4.69) is 24.3 Å². The molecule has 0 amide bonds. The summed E-state index contributed by atoms with van der Waals surface area (Å²) in [6.07, 6.45) is 7.04. The summed E-state index contributed by atoms with van der Waals surface area (Å²) in [5.41, 5.74) is -0.636. The second-order valence-electron chi connectivity index (χ2n) is 4.94. The Hall–Kier alpha value is -0.761. The minimum atomic E-state index is -0.636. The van der Waals surface area contributed by atoms with Gasteiger partial charge in [0.25, 0.3) is 0 Å². The van der Waals surface area contributed by atoms with Crippen LogP contribution < -0.4 is 4.46 Å². The average Bonchev–Trinajstić information content (AvgIpc) is 2.45. The monoisotopic (exact) mass is 326 g/mol. The number of rotatable bonds is 5. The van der Waals surface area contributed by atoms with Crippen molar-refractivity contribution in [2.45, 2.75) is 44.6 Å². The van der Waals surface area contributed by atoms with E-state index in [0.717, 1.165) is 30.2 Å². The molecule has 1 aliphatic carbocycles. The molecule has 0 atom stereocenters. The predicted octanol–water partition coefficient (Wildman–Crippen LogP) is 2.59. The molecule has 0 radical (unpaired) electrons. The molecule has 1 N–H and O–H groups in total. The SMILES string of the molecule is CCO/C=C(/[Se]c1ccccc1)C1(O)CCCCC1. The number of hydrogen-bond donors (Lipinski definition) is 1. The molecule has 2 rings (SSSR count). The van der Waals surface area contributed by atoms with Crippen LogP contribution in [0.3, 0.4) is 0 Å². The van der Waals surface area contributed by atoms with Gasteiger partial charge in [0.15, 0.2) is 0 Å². The standard InChI is InChI=1S/C16H22O2Se/c1-2-18-13-15(16(17)11-7-4-8-12-16)19-14-9-5-3-6-10-14/h3,5-6,9-10,13,17H,2,4,7-8,11-12H2,1H3/b15-13+. The van der Waals surface area contributed by atoms with Crippen LogP contribution in [0.5, 0.6) is 0 Å². The normalized spacial score (nSPS) is 19.2. The summed E-state index contributed by atoms with van der Waals surface area (Å²) in [6.45, 7) is 2.64. The fraction of sp³-hybridized carbons (Fsp3) is 0.500. The Morgan fingerprint density at radius 2 is 1.95 bits per heavy atom. The molecule has 0 bridgehead atoms. The van der Waals surface area contributed by atoms with Crippen LogP contribution in [0.2, 0.25) is 0 Å². The zero-order valence-corrected chi connectivity index (χ0v) is 13.2. The van der Waals surface area contributed by atoms with Crippen LogP contribution in [0.15, 0.2) is 41.1 Å². The van der Waals surface area contributed by atoms with Crippen molar-refractivity contribution in [2.24, 2.45) is 0 Å². The first kappa shape index (κ1) is 14.6. The zero-order chi connectivity index (χ0) is 13.6. The van der Waals surface area contributed by atoms with Crippen LogP contribution in [0, 0.1) is 0 Å². The van der Waals surface area contributed by atoms with Gasteiger partial charge in [-0.25, -0.2) is 0 Å². The third kappa shape index (κ3) is 4.10. The number of ether oxygens (including phenoxy) is 1. The number of hydrogen-bond acceptors (Lipinski definition) is 2. The fourth-order valence-corrected chi connectivity index (χ4v) is 4.60. The molecule has 0 unspecified atom stereocenters. The molecule has 1 aliphatic rings. The van der Waals surface area contributed by atoms with Crippen LogP contribution in [0.1, 0.15) is 39.0 Å². The van der Waals surface area contributed by atoms with Gasteiger partial charge >= 0.3 is 122 Å². The van der Waals surface area contributed by atoms with Crippen LogP contribution in [-0.2, 0) is 4.74 Å². The van der Waals surface area contributed by atoms with E-state index in [4.69, 9.17) is 4.74 Å². The summed E-state index contributed by atoms with van der Waals surface area (Å²) in [6, 6.07) is 10.4. The molecule has 1 fully saturated rings. The van der Waals surface area contributed by atoms with Gasteiger partial charge in [0.05, 0.1) is 0 Å². The molecule has 1 aromatic rings. The quantitative estimate of drug-likeness (QED) is 0.666. The van der Waals surface area contributed by atoms with Crippen LogP contribution in [0.4, 0.5) is 0 Å². The molecule has 0 aliphatic heterocycles. The summed E-state index contributed by atoms with van der Waals surface area (Å²) in [5, 5.41) is 10.9. The Balaban J connectivity index is 2.16. The van der Waals surface area contributed by atoms with Crippen LogP contribution in [-0.4, -0.2) is 32.3 Å².